The van der Waals surface area contributed by atoms with Crippen molar-refractivity contribution in [3.05, 3.63) is 24.3 Å². The van der Waals surface area contributed by atoms with Gasteiger partial charge >= 0.3 is 0 Å². The smallest absolute Gasteiger partial charge is 0.119 e. The third kappa shape index (κ3) is 7.70. The van der Waals surface area contributed by atoms with Gasteiger partial charge < -0.3 is 18.9 Å². The molecule has 1 aromatic rings. The average Bonchev–Trinajstić information content (AvgIpc) is 2.45. The zero-order valence-corrected chi connectivity index (χ0v) is 11.9. The molecule has 1 rings (SSSR count). The maximum absolute atomic E-state index is 5.55. The van der Waals surface area contributed by atoms with Crippen molar-refractivity contribution in [3.63, 3.8) is 0 Å². The summed E-state index contributed by atoms with van der Waals surface area (Å²) in [7, 11) is 0. The molecule has 4 nitrogen and oxygen atoms in total. The van der Waals surface area contributed by atoms with Crippen LogP contribution in [0.1, 0.15) is 20.3 Å². The summed E-state index contributed by atoms with van der Waals surface area (Å²) < 4.78 is 21.6. The van der Waals surface area contributed by atoms with E-state index in [1.54, 1.807) is 0 Å². The lowest BCUT2D eigenvalue weighted by molar-refractivity contribution is 0.100. The molecule has 108 valence electrons. The topological polar surface area (TPSA) is 36.9 Å². The van der Waals surface area contributed by atoms with Crippen molar-refractivity contribution in [1.29, 1.82) is 0 Å². The highest BCUT2D eigenvalue weighted by Crippen LogP contribution is 2.17. The Labute approximate surface area is 115 Å². The van der Waals surface area contributed by atoms with E-state index >= 15 is 0 Å². The molecule has 0 spiro atoms. The predicted molar refractivity (Wildman–Crippen MR) is 75.0 cm³/mol. The minimum absolute atomic E-state index is 0.568. The minimum Gasteiger partial charge on any atom is -0.491 e. The second-order valence-electron chi connectivity index (χ2n) is 3.98. The van der Waals surface area contributed by atoms with Crippen LogP contribution in [0, 0.1) is 0 Å². The van der Waals surface area contributed by atoms with Gasteiger partial charge in [-0.1, -0.05) is 6.92 Å². The molecular weight excluding hydrogens is 244 g/mol. The molecule has 0 aliphatic rings. The average molecular weight is 268 g/mol. The monoisotopic (exact) mass is 268 g/mol. The van der Waals surface area contributed by atoms with Crippen LogP contribution in [0.2, 0.25) is 0 Å². The van der Waals surface area contributed by atoms with E-state index in [4.69, 9.17) is 18.9 Å². The molecule has 0 aliphatic carbocycles. The number of hydrogen-bond donors (Lipinski definition) is 0. The summed E-state index contributed by atoms with van der Waals surface area (Å²) in [5, 5.41) is 0. The van der Waals surface area contributed by atoms with Gasteiger partial charge in [0.1, 0.15) is 24.7 Å². The van der Waals surface area contributed by atoms with Gasteiger partial charge in [0.25, 0.3) is 0 Å². The van der Waals surface area contributed by atoms with Gasteiger partial charge in [0.2, 0.25) is 0 Å². The molecule has 4 heteroatoms. The quantitative estimate of drug-likeness (QED) is 0.578. The predicted octanol–water partition coefficient (Wildman–Crippen LogP) is 2.91. The lowest BCUT2D eigenvalue weighted by Crippen LogP contribution is -2.07. The van der Waals surface area contributed by atoms with Gasteiger partial charge in [-0.25, -0.2) is 0 Å². The van der Waals surface area contributed by atoms with E-state index in [-0.39, 0.29) is 0 Å². The Hall–Kier alpha value is -1.26. The molecule has 1 aromatic carbocycles. The van der Waals surface area contributed by atoms with Crippen molar-refractivity contribution < 1.29 is 18.9 Å². The van der Waals surface area contributed by atoms with Crippen LogP contribution >= 0.6 is 0 Å². The van der Waals surface area contributed by atoms with Crippen LogP contribution in [-0.2, 0) is 9.47 Å². The van der Waals surface area contributed by atoms with E-state index in [2.05, 4.69) is 6.92 Å². The zero-order chi connectivity index (χ0) is 13.8. The maximum Gasteiger partial charge on any atom is 0.119 e. The van der Waals surface area contributed by atoms with E-state index < -0.39 is 0 Å². The highest BCUT2D eigenvalue weighted by Gasteiger charge is 1.97. The Morgan fingerprint density at radius 3 is 1.68 bits per heavy atom. The van der Waals surface area contributed by atoms with E-state index in [0.29, 0.717) is 26.4 Å². The van der Waals surface area contributed by atoms with E-state index in [0.717, 1.165) is 31.1 Å². The summed E-state index contributed by atoms with van der Waals surface area (Å²) in [6.07, 6.45) is 1.04. The van der Waals surface area contributed by atoms with Gasteiger partial charge in [-0.05, 0) is 37.6 Å². The molecule has 0 saturated heterocycles. The number of hydrogen-bond acceptors (Lipinski definition) is 4. The van der Waals surface area contributed by atoms with Crippen LogP contribution in [-0.4, -0.2) is 39.6 Å². The minimum atomic E-state index is 0.568. The van der Waals surface area contributed by atoms with Crippen LogP contribution in [0.3, 0.4) is 0 Å². The fraction of sp³-hybridized carbons (Fsp3) is 0.600. The first-order valence-electron chi connectivity index (χ1n) is 6.88. The molecule has 0 aromatic heterocycles. The molecule has 19 heavy (non-hydrogen) atoms. The first-order chi connectivity index (χ1) is 9.36. The third-order valence-corrected chi connectivity index (χ3v) is 2.37. The van der Waals surface area contributed by atoms with Crippen molar-refractivity contribution in [2.75, 3.05) is 39.6 Å². The Morgan fingerprint density at radius 2 is 1.21 bits per heavy atom. The van der Waals surface area contributed by atoms with Gasteiger partial charge in [-0.15, -0.1) is 0 Å². The normalized spacial score (nSPS) is 10.4. The molecule has 0 aliphatic heterocycles. The molecule has 0 fully saturated rings. The van der Waals surface area contributed by atoms with Crippen molar-refractivity contribution in [1.82, 2.24) is 0 Å². The Morgan fingerprint density at radius 1 is 0.684 bits per heavy atom. The summed E-state index contributed by atoms with van der Waals surface area (Å²) in [6.45, 7) is 7.95. The highest BCUT2D eigenvalue weighted by molar-refractivity contribution is 5.31. The van der Waals surface area contributed by atoms with Crippen molar-refractivity contribution in [2.24, 2.45) is 0 Å². The first kappa shape index (κ1) is 15.8. The summed E-state index contributed by atoms with van der Waals surface area (Å²) in [4.78, 5) is 0. The molecule has 0 heterocycles. The number of rotatable bonds is 11. The molecule has 0 saturated carbocycles. The zero-order valence-electron chi connectivity index (χ0n) is 11.9. The van der Waals surface area contributed by atoms with Gasteiger partial charge in [0, 0.05) is 13.2 Å². The van der Waals surface area contributed by atoms with Gasteiger partial charge in [-0.2, -0.15) is 0 Å². The third-order valence-electron chi connectivity index (χ3n) is 2.37. The first-order valence-corrected chi connectivity index (χ1v) is 6.88. The number of benzene rings is 1. The highest BCUT2D eigenvalue weighted by atomic mass is 16.5. The summed E-state index contributed by atoms with van der Waals surface area (Å²) in [5.41, 5.74) is 0. The van der Waals surface area contributed by atoms with Gasteiger partial charge in [-0.3, -0.25) is 0 Å². The Bertz CT molecular complexity index is 310. The second kappa shape index (κ2) is 10.6. The molecule has 0 radical (unpaired) electrons. The standard InChI is InChI=1S/C15H24O4/c1-3-9-17-11-13-19-15-7-5-14(6-8-15)18-12-10-16-4-2/h5-8H,3-4,9-13H2,1-2H3. The summed E-state index contributed by atoms with van der Waals surface area (Å²) in [5.74, 6) is 1.66. The molecule has 0 N–H and O–H groups in total. The lowest BCUT2D eigenvalue weighted by atomic mass is 10.3. The maximum atomic E-state index is 5.55. The van der Waals surface area contributed by atoms with Crippen LogP contribution in [0.25, 0.3) is 0 Å². The summed E-state index contributed by atoms with van der Waals surface area (Å²) >= 11 is 0. The van der Waals surface area contributed by atoms with E-state index in [9.17, 15) is 0 Å². The number of ether oxygens (including phenoxy) is 4. The van der Waals surface area contributed by atoms with Crippen molar-refractivity contribution >= 4 is 0 Å². The van der Waals surface area contributed by atoms with Crippen molar-refractivity contribution in [3.8, 4) is 11.5 Å². The summed E-state index contributed by atoms with van der Waals surface area (Å²) in [6, 6.07) is 7.59. The van der Waals surface area contributed by atoms with Crippen LogP contribution in [0.15, 0.2) is 24.3 Å². The van der Waals surface area contributed by atoms with Crippen LogP contribution in [0.4, 0.5) is 0 Å². The van der Waals surface area contributed by atoms with Crippen molar-refractivity contribution in [2.45, 2.75) is 20.3 Å². The fourth-order valence-corrected chi connectivity index (χ4v) is 1.46. The van der Waals surface area contributed by atoms with Crippen LogP contribution in [0.5, 0.6) is 11.5 Å². The molecular formula is C15H24O4. The molecule has 0 unspecified atom stereocenters. The van der Waals surface area contributed by atoms with Gasteiger partial charge in [0.05, 0.1) is 13.2 Å². The lowest BCUT2D eigenvalue weighted by Gasteiger charge is -2.09. The molecule has 0 atom stereocenters. The SMILES string of the molecule is CCCOCCOc1ccc(OCCOCC)cc1. The molecule has 0 amide bonds. The van der Waals surface area contributed by atoms with E-state index in [1.807, 2.05) is 31.2 Å². The van der Waals surface area contributed by atoms with E-state index in [1.165, 1.54) is 0 Å². The Kier molecular flexibility index (Phi) is 8.85. The van der Waals surface area contributed by atoms with Crippen LogP contribution < -0.4 is 9.47 Å². The van der Waals surface area contributed by atoms with Gasteiger partial charge in [0.15, 0.2) is 0 Å². The Balaban J connectivity index is 2.16. The second-order valence-corrected chi connectivity index (χ2v) is 3.98. The largest absolute Gasteiger partial charge is 0.491 e. The molecule has 0 bridgehead atoms. The fourth-order valence-electron chi connectivity index (χ4n) is 1.46.